The van der Waals surface area contributed by atoms with E-state index in [2.05, 4.69) is 5.32 Å². The van der Waals surface area contributed by atoms with Crippen molar-refractivity contribution >= 4 is 5.91 Å². The minimum absolute atomic E-state index is 0.0469. The van der Waals surface area contributed by atoms with Crippen LogP contribution in [0.3, 0.4) is 0 Å². The Hall–Kier alpha value is -1.39. The number of hydrogen-bond acceptors (Lipinski definition) is 3. The summed E-state index contributed by atoms with van der Waals surface area (Å²) in [5.74, 6) is -0.0502. The van der Waals surface area contributed by atoms with Gasteiger partial charge in [0.05, 0.1) is 12.6 Å². The zero-order valence-electron chi connectivity index (χ0n) is 10.8. The average molecular weight is 251 g/mol. The number of nitrogens with one attached hydrogen (secondary N) is 1. The van der Waals surface area contributed by atoms with Crippen LogP contribution in [0.4, 0.5) is 0 Å². The van der Waals surface area contributed by atoms with Crippen LogP contribution in [0, 0.1) is 0 Å². The van der Waals surface area contributed by atoms with E-state index < -0.39 is 0 Å². The molecule has 0 aromatic heterocycles. The summed E-state index contributed by atoms with van der Waals surface area (Å²) in [6.07, 6.45) is 0.868. The largest absolute Gasteiger partial charge is 0.396 e. The molecule has 1 unspecified atom stereocenters. The molecule has 0 aliphatic carbocycles. The number of rotatable bonds is 8. The van der Waals surface area contributed by atoms with Crippen molar-refractivity contribution in [1.29, 1.82) is 0 Å². The lowest BCUT2D eigenvalue weighted by Crippen LogP contribution is -2.29. The summed E-state index contributed by atoms with van der Waals surface area (Å²) in [4.78, 5) is 11.7. The summed E-state index contributed by atoms with van der Waals surface area (Å²) in [5, 5.41) is 12.0. The monoisotopic (exact) mass is 251 g/mol. The molecule has 1 amide bonds. The topological polar surface area (TPSA) is 58.6 Å². The minimum Gasteiger partial charge on any atom is -0.396 e. The third-order valence-corrected chi connectivity index (χ3v) is 2.63. The first-order valence-electron chi connectivity index (χ1n) is 6.30. The molecule has 0 heterocycles. The third-order valence-electron chi connectivity index (χ3n) is 2.63. The predicted octanol–water partition coefficient (Wildman–Crippen LogP) is 1.65. The molecule has 100 valence electrons. The minimum atomic E-state index is -0.134. The van der Waals surface area contributed by atoms with Crippen LogP contribution in [-0.4, -0.2) is 30.8 Å². The highest BCUT2D eigenvalue weighted by atomic mass is 16.5. The first kappa shape index (κ1) is 14.7. The van der Waals surface area contributed by atoms with Gasteiger partial charge in [0.2, 0.25) is 5.91 Å². The van der Waals surface area contributed by atoms with Crippen molar-refractivity contribution in [3.05, 3.63) is 35.9 Å². The lowest BCUT2D eigenvalue weighted by atomic mass is 10.0. The maximum Gasteiger partial charge on any atom is 0.222 e. The summed E-state index contributed by atoms with van der Waals surface area (Å²) < 4.78 is 5.14. The van der Waals surface area contributed by atoms with Crippen LogP contribution in [0.25, 0.3) is 0 Å². The Kier molecular flexibility index (Phi) is 7.06. The number of benzene rings is 1. The average Bonchev–Trinajstić information content (AvgIpc) is 2.39. The highest BCUT2D eigenvalue weighted by Gasteiger charge is 2.13. The normalized spacial score (nSPS) is 12.1. The molecule has 2 N–H and O–H groups in total. The fraction of sp³-hybridized carbons (Fsp3) is 0.500. The van der Waals surface area contributed by atoms with E-state index >= 15 is 0 Å². The van der Waals surface area contributed by atoms with E-state index in [-0.39, 0.29) is 18.6 Å². The fourth-order valence-electron chi connectivity index (χ4n) is 1.71. The number of amides is 1. The number of ether oxygens (including phenoxy) is 1. The Bertz CT molecular complexity index is 340. The highest BCUT2D eigenvalue weighted by molar-refractivity contribution is 5.76. The van der Waals surface area contributed by atoms with E-state index in [1.165, 1.54) is 0 Å². The van der Waals surface area contributed by atoms with Crippen LogP contribution in [0.1, 0.15) is 31.4 Å². The maximum absolute atomic E-state index is 11.7. The number of carbonyl (C=O) groups is 1. The molecule has 0 fully saturated rings. The van der Waals surface area contributed by atoms with Gasteiger partial charge in [0, 0.05) is 19.6 Å². The quantitative estimate of drug-likeness (QED) is 0.691. The van der Waals surface area contributed by atoms with Crippen LogP contribution >= 0.6 is 0 Å². The van der Waals surface area contributed by atoms with Crippen LogP contribution < -0.4 is 5.32 Å². The summed E-state index contributed by atoms with van der Waals surface area (Å²) in [7, 11) is 0. The van der Waals surface area contributed by atoms with Gasteiger partial charge < -0.3 is 15.2 Å². The van der Waals surface area contributed by atoms with Crippen molar-refractivity contribution in [2.75, 3.05) is 19.8 Å². The van der Waals surface area contributed by atoms with Crippen LogP contribution in [0.15, 0.2) is 30.3 Å². The Labute approximate surface area is 108 Å². The molecule has 0 spiro atoms. The molecule has 0 saturated carbocycles. The first-order chi connectivity index (χ1) is 8.77. The van der Waals surface area contributed by atoms with Gasteiger partial charge in [-0.2, -0.15) is 0 Å². The van der Waals surface area contributed by atoms with Gasteiger partial charge in [-0.25, -0.2) is 0 Å². The molecule has 1 aromatic carbocycles. The highest BCUT2D eigenvalue weighted by Crippen LogP contribution is 2.15. The lowest BCUT2D eigenvalue weighted by molar-refractivity contribution is -0.123. The molecule has 1 aromatic rings. The zero-order chi connectivity index (χ0) is 13.2. The smallest absolute Gasteiger partial charge is 0.222 e. The molecular formula is C14H21NO3. The van der Waals surface area contributed by atoms with Gasteiger partial charge in [0.25, 0.3) is 0 Å². The molecular weight excluding hydrogens is 230 g/mol. The second kappa shape index (κ2) is 8.66. The van der Waals surface area contributed by atoms with Gasteiger partial charge in [-0.05, 0) is 18.9 Å². The van der Waals surface area contributed by atoms with E-state index in [1.807, 2.05) is 37.3 Å². The van der Waals surface area contributed by atoms with Crippen LogP contribution in [0.2, 0.25) is 0 Å². The van der Waals surface area contributed by atoms with Crippen molar-refractivity contribution in [1.82, 2.24) is 5.32 Å². The van der Waals surface area contributed by atoms with Gasteiger partial charge in [-0.1, -0.05) is 30.3 Å². The molecule has 0 saturated heterocycles. The summed E-state index contributed by atoms with van der Waals surface area (Å²) in [6.45, 7) is 3.00. The molecule has 0 radical (unpaired) electrons. The molecule has 4 heteroatoms. The van der Waals surface area contributed by atoms with Gasteiger partial charge in [-0.3, -0.25) is 4.79 Å². The van der Waals surface area contributed by atoms with Crippen LogP contribution in [-0.2, 0) is 9.53 Å². The van der Waals surface area contributed by atoms with Crippen molar-refractivity contribution in [3.63, 3.8) is 0 Å². The maximum atomic E-state index is 11.7. The summed E-state index contributed by atoms with van der Waals surface area (Å²) in [6, 6.07) is 9.53. The number of aliphatic hydroxyl groups is 1. The molecule has 0 bridgehead atoms. The summed E-state index contributed by atoms with van der Waals surface area (Å²) >= 11 is 0. The zero-order valence-corrected chi connectivity index (χ0v) is 10.8. The third kappa shape index (κ3) is 5.29. The van der Waals surface area contributed by atoms with Crippen molar-refractivity contribution in [2.45, 2.75) is 25.8 Å². The SMILES string of the molecule is CCOCCC(=O)NC(CCO)c1ccccc1. The molecule has 4 nitrogen and oxygen atoms in total. The van der Waals surface area contributed by atoms with Gasteiger partial charge >= 0.3 is 0 Å². The Morgan fingerprint density at radius 1 is 1.39 bits per heavy atom. The van der Waals surface area contributed by atoms with E-state index in [9.17, 15) is 4.79 Å². The van der Waals surface area contributed by atoms with Gasteiger partial charge in [0.1, 0.15) is 0 Å². The molecule has 0 aliphatic heterocycles. The first-order valence-corrected chi connectivity index (χ1v) is 6.30. The molecule has 0 aliphatic rings. The van der Waals surface area contributed by atoms with Gasteiger partial charge in [0.15, 0.2) is 0 Å². The van der Waals surface area contributed by atoms with E-state index in [1.54, 1.807) is 0 Å². The van der Waals surface area contributed by atoms with E-state index in [0.29, 0.717) is 26.1 Å². The lowest BCUT2D eigenvalue weighted by Gasteiger charge is -2.18. The second-order valence-electron chi connectivity index (χ2n) is 3.99. The predicted molar refractivity (Wildman–Crippen MR) is 70.1 cm³/mol. The van der Waals surface area contributed by atoms with Crippen molar-refractivity contribution in [2.24, 2.45) is 0 Å². The van der Waals surface area contributed by atoms with E-state index in [4.69, 9.17) is 9.84 Å². The van der Waals surface area contributed by atoms with Crippen molar-refractivity contribution in [3.8, 4) is 0 Å². The second-order valence-corrected chi connectivity index (χ2v) is 3.99. The van der Waals surface area contributed by atoms with Crippen LogP contribution in [0.5, 0.6) is 0 Å². The van der Waals surface area contributed by atoms with Crippen molar-refractivity contribution < 1.29 is 14.6 Å². The summed E-state index contributed by atoms with van der Waals surface area (Å²) in [5.41, 5.74) is 1.01. The Morgan fingerprint density at radius 2 is 2.11 bits per heavy atom. The molecule has 1 atom stereocenters. The standard InChI is InChI=1S/C14H21NO3/c1-2-18-11-9-14(17)15-13(8-10-16)12-6-4-3-5-7-12/h3-7,13,16H,2,8-11H2,1H3,(H,15,17). The number of aliphatic hydroxyl groups excluding tert-OH is 1. The molecule has 1 rings (SSSR count). The van der Waals surface area contributed by atoms with Gasteiger partial charge in [-0.15, -0.1) is 0 Å². The Balaban J connectivity index is 2.50. The van der Waals surface area contributed by atoms with E-state index in [0.717, 1.165) is 5.56 Å². The fourth-order valence-corrected chi connectivity index (χ4v) is 1.71. The molecule has 18 heavy (non-hydrogen) atoms. The number of hydrogen-bond donors (Lipinski definition) is 2. The Morgan fingerprint density at radius 3 is 2.72 bits per heavy atom. The number of carbonyl (C=O) groups excluding carboxylic acids is 1.